The first kappa shape index (κ1) is 15.6. The second-order valence-corrected chi connectivity index (χ2v) is 6.31. The highest BCUT2D eigenvalue weighted by atomic mass is 32.2. The van der Waals surface area contributed by atoms with Crippen molar-refractivity contribution < 1.29 is 13.2 Å². The van der Waals surface area contributed by atoms with Gasteiger partial charge in [-0.15, -0.1) is 0 Å². The summed E-state index contributed by atoms with van der Waals surface area (Å²) in [6.45, 7) is 1.02. The Hall–Kier alpha value is -1.83. The van der Waals surface area contributed by atoms with Gasteiger partial charge in [0.15, 0.2) is 0 Å². The minimum Gasteiger partial charge on any atom is -0.380 e. The van der Waals surface area contributed by atoms with Gasteiger partial charge in [0, 0.05) is 31.2 Å². The van der Waals surface area contributed by atoms with Crippen LogP contribution in [0.4, 0.5) is 5.69 Å². The van der Waals surface area contributed by atoms with Gasteiger partial charge in [0.25, 0.3) is 10.0 Å². The van der Waals surface area contributed by atoms with Gasteiger partial charge >= 0.3 is 0 Å². The van der Waals surface area contributed by atoms with Crippen LogP contribution in [-0.2, 0) is 27.9 Å². The maximum absolute atomic E-state index is 12.3. The predicted octanol–water partition coefficient (Wildman–Crippen LogP) is 1.68. The van der Waals surface area contributed by atoms with Gasteiger partial charge in [0.1, 0.15) is 4.90 Å². The van der Waals surface area contributed by atoms with Crippen LogP contribution < -0.4 is 10.0 Å². The average molecular weight is 309 g/mol. The maximum atomic E-state index is 12.3. The molecule has 2 rings (SSSR count). The van der Waals surface area contributed by atoms with E-state index in [9.17, 15) is 8.42 Å². The van der Waals surface area contributed by atoms with Crippen LogP contribution in [0.1, 0.15) is 11.3 Å². The summed E-state index contributed by atoms with van der Waals surface area (Å²) in [7, 11) is -0.195. The molecule has 0 fully saturated rings. The molecule has 0 radical (unpaired) electrons. The number of benzene rings is 1. The lowest BCUT2D eigenvalue weighted by molar-refractivity contribution is 0.185. The van der Waals surface area contributed by atoms with Gasteiger partial charge in [-0.3, -0.25) is 4.72 Å². The molecule has 0 amide bonds. The topological polar surface area (TPSA) is 83.2 Å². The summed E-state index contributed by atoms with van der Waals surface area (Å²) >= 11 is 0. The summed E-state index contributed by atoms with van der Waals surface area (Å²) in [5.41, 5.74) is 2.23. The molecule has 0 saturated carbocycles. The number of aromatic nitrogens is 1. The number of hydrogen-bond donors (Lipinski definition) is 3. The first-order chi connectivity index (χ1) is 10.0. The molecule has 3 N–H and O–H groups in total. The zero-order valence-corrected chi connectivity index (χ0v) is 12.8. The van der Waals surface area contributed by atoms with E-state index in [4.69, 9.17) is 4.74 Å². The molecule has 0 spiro atoms. The molecule has 6 nitrogen and oxygen atoms in total. The average Bonchev–Trinajstić information content (AvgIpc) is 2.89. The minimum absolute atomic E-state index is 0.213. The zero-order chi connectivity index (χ0) is 15.3. The van der Waals surface area contributed by atoms with Gasteiger partial charge in [0.2, 0.25) is 0 Å². The summed E-state index contributed by atoms with van der Waals surface area (Å²) < 4.78 is 32.2. The van der Waals surface area contributed by atoms with Crippen LogP contribution in [0, 0.1) is 0 Å². The van der Waals surface area contributed by atoms with E-state index in [-0.39, 0.29) is 4.90 Å². The molecule has 1 aromatic heterocycles. The SMILES string of the molecule is CNCc1cc(S(=O)(=O)Nc2cccc(COC)c2)c[nH]1. The fourth-order valence-electron chi connectivity index (χ4n) is 1.97. The van der Waals surface area contributed by atoms with Crippen molar-refractivity contribution >= 4 is 15.7 Å². The van der Waals surface area contributed by atoms with Gasteiger partial charge in [0.05, 0.1) is 6.61 Å². The highest BCUT2D eigenvalue weighted by Gasteiger charge is 2.16. The van der Waals surface area contributed by atoms with Gasteiger partial charge in [-0.05, 0) is 30.8 Å². The molecular weight excluding hydrogens is 290 g/mol. The van der Waals surface area contributed by atoms with Crippen LogP contribution >= 0.6 is 0 Å². The lowest BCUT2D eigenvalue weighted by atomic mass is 10.2. The Balaban J connectivity index is 2.18. The summed E-state index contributed by atoms with van der Waals surface area (Å²) in [5, 5.41) is 2.96. The van der Waals surface area contributed by atoms with Crippen LogP contribution in [0.25, 0.3) is 0 Å². The van der Waals surface area contributed by atoms with Crippen molar-refractivity contribution in [2.24, 2.45) is 0 Å². The Morgan fingerprint density at radius 3 is 2.81 bits per heavy atom. The molecule has 0 aliphatic carbocycles. The lowest BCUT2D eigenvalue weighted by Crippen LogP contribution is -2.12. The molecule has 0 aliphatic heterocycles. The number of nitrogens with one attached hydrogen (secondary N) is 3. The monoisotopic (exact) mass is 309 g/mol. The molecule has 2 aromatic rings. The summed E-state index contributed by atoms with van der Waals surface area (Å²) in [4.78, 5) is 3.14. The second-order valence-electron chi connectivity index (χ2n) is 4.63. The van der Waals surface area contributed by atoms with Crippen molar-refractivity contribution in [3.05, 3.63) is 47.8 Å². The third kappa shape index (κ3) is 4.07. The van der Waals surface area contributed by atoms with Crippen molar-refractivity contribution in [3.63, 3.8) is 0 Å². The van der Waals surface area contributed by atoms with Crippen LogP contribution in [0.2, 0.25) is 0 Å². The number of ether oxygens (including phenoxy) is 1. The van der Waals surface area contributed by atoms with Crippen molar-refractivity contribution in [2.75, 3.05) is 18.9 Å². The van der Waals surface area contributed by atoms with Crippen molar-refractivity contribution in [2.45, 2.75) is 18.0 Å². The van der Waals surface area contributed by atoms with Crippen molar-refractivity contribution in [1.82, 2.24) is 10.3 Å². The zero-order valence-electron chi connectivity index (χ0n) is 12.0. The van der Waals surface area contributed by atoms with E-state index >= 15 is 0 Å². The smallest absolute Gasteiger partial charge is 0.263 e. The molecule has 0 atom stereocenters. The molecule has 0 saturated heterocycles. The largest absolute Gasteiger partial charge is 0.380 e. The summed E-state index contributed by atoms with van der Waals surface area (Å²) in [6.07, 6.45) is 1.48. The Morgan fingerprint density at radius 1 is 1.29 bits per heavy atom. The molecule has 0 bridgehead atoms. The first-order valence-electron chi connectivity index (χ1n) is 6.48. The third-order valence-electron chi connectivity index (χ3n) is 2.88. The normalized spacial score (nSPS) is 11.5. The van der Waals surface area contributed by atoms with Crippen molar-refractivity contribution in [1.29, 1.82) is 0 Å². The van der Waals surface area contributed by atoms with E-state index < -0.39 is 10.0 Å². The molecule has 1 heterocycles. The molecule has 7 heteroatoms. The first-order valence-corrected chi connectivity index (χ1v) is 7.96. The molecule has 0 aliphatic rings. The molecule has 21 heavy (non-hydrogen) atoms. The number of sulfonamides is 1. The van der Waals surface area contributed by atoms with Gasteiger partial charge in [-0.1, -0.05) is 12.1 Å². The fraction of sp³-hybridized carbons (Fsp3) is 0.286. The maximum Gasteiger partial charge on any atom is 0.263 e. The molecule has 1 aromatic carbocycles. The van der Waals surface area contributed by atoms with Gasteiger partial charge in [-0.25, -0.2) is 8.42 Å². The number of rotatable bonds is 7. The van der Waals surface area contributed by atoms with Crippen LogP contribution in [0.3, 0.4) is 0 Å². The van der Waals surface area contributed by atoms with Crippen molar-refractivity contribution in [3.8, 4) is 0 Å². The molecule has 114 valence electrons. The Morgan fingerprint density at radius 2 is 2.10 bits per heavy atom. The quantitative estimate of drug-likeness (QED) is 0.726. The summed E-state index contributed by atoms with van der Waals surface area (Å²) in [6, 6.07) is 8.73. The van der Waals surface area contributed by atoms with Gasteiger partial charge < -0.3 is 15.0 Å². The Kier molecular flexibility index (Phi) is 5.00. The van der Waals surface area contributed by atoms with Crippen LogP contribution in [0.15, 0.2) is 41.4 Å². The minimum atomic E-state index is -3.59. The van der Waals surface area contributed by atoms with E-state index in [2.05, 4.69) is 15.0 Å². The molecule has 0 unspecified atom stereocenters. The predicted molar refractivity (Wildman–Crippen MR) is 81.5 cm³/mol. The number of H-pyrrole nitrogens is 1. The van der Waals surface area contributed by atoms with Crippen LogP contribution in [0.5, 0.6) is 0 Å². The van der Waals surface area contributed by atoms with E-state index in [1.807, 2.05) is 6.07 Å². The Labute approximate surface area is 124 Å². The highest BCUT2D eigenvalue weighted by molar-refractivity contribution is 7.92. The number of aromatic amines is 1. The van der Waals surface area contributed by atoms with E-state index in [0.29, 0.717) is 18.8 Å². The van der Waals surface area contributed by atoms with Crippen LogP contribution in [-0.4, -0.2) is 27.6 Å². The highest BCUT2D eigenvalue weighted by Crippen LogP contribution is 2.18. The standard InChI is InChI=1S/C14H19N3O3S/c1-15-8-13-7-14(9-16-13)21(18,19)17-12-5-3-4-11(6-12)10-20-2/h3-7,9,15-17H,8,10H2,1-2H3. The fourth-order valence-corrected chi connectivity index (χ4v) is 3.04. The number of anilines is 1. The number of methoxy groups -OCH3 is 1. The van der Waals surface area contributed by atoms with E-state index in [1.54, 1.807) is 38.4 Å². The van der Waals surface area contributed by atoms with E-state index in [1.165, 1.54) is 6.20 Å². The van der Waals surface area contributed by atoms with E-state index in [0.717, 1.165) is 11.3 Å². The summed E-state index contributed by atoms with van der Waals surface area (Å²) in [5.74, 6) is 0. The molecular formula is C14H19N3O3S. The number of hydrogen-bond acceptors (Lipinski definition) is 4. The van der Waals surface area contributed by atoms with Gasteiger partial charge in [-0.2, -0.15) is 0 Å². The Bertz CT molecular complexity index is 695. The lowest BCUT2D eigenvalue weighted by Gasteiger charge is -2.08. The second kappa shape index (κ2) is 6.75. The third-order valence-corrected chi connectivity index (χ3v) is 4.24.